The molecule has 0 unspecified atom stereocenters. The van der Waals surface area contributed by atoms with Crippen molar-refractivity contribution in [3.8, 4) is 5.75 Å². The summed E-state index contributed by atoms with van der Waals surface area (Å²) in [7, 11) is -2.15. The van der Waals surface area contributed by atoms with Gasteiger partial charge in [-0.05, 0) is 49.9 Å². The Kier molecular flexibility index (Phi) is 6.56. The molecule has 3 rings (SSSR count). The summed E-state index contributed by atoms with van der Waals surface area (Å²) in [5, 5.41) is 5.33. The van der Waals surface area contributed by atoms with Crippen molar-refractivity contribution in [2.24, 2.45) is 0 Å². The highest BCUT2D eigenvalue weighted by Crippen LogP contribution is 2.27. The molecule has 2 fully saturated rings. The molecular formula is C19H27N3O5S. The summed E-state index contributed by atoms with van der Waals surface area (Å²) in [5.74, 6) is -0.771. The first-order chi connectivity index (χ1) is 13.4. The number of rotatable bonds is 6. The van der Waals surface area contributed by atoms with Crippen molar-refractivity contribution in [1.82, 2.24) is 14.9 Å². The number of amides is 2. The summed E-state index contributed by atoms with van der Waals surface area (Å²) in [4.78, 5) is 24.3. The summed E-state index contributed by atoms with van der Waals surface area (Å²) < 4.78 is 32.4. The largest absolute Gasteiger partial charge is 0.497 e. The fourth-order valence-corrected chi connectivity index (χ4v) is 5.52. The number of sulfonamides is 1. The minimum atomic E-state index is -3.67. The van der Waals surface area contributed by atoms with Crippen molar-refractivity contribution in [2.75, 3.05) is 20.2 Å². The lowest BCUT2D eigenvalue weighted by Gasteiger charge is -2.24. The quantitative estimate of drug-likeness (QED) is 0.683. The van der Waals surface area contributed by atoms with Gasteiger partial charge in [-0.1, -0.05) is 12.8 Å². The Morgan fingerprint density at radius 1 is 1.07 bits per heavy atom. The molecule has 28 heavy (non-hydrogen) atoms. The van der Waals surface area contributed by atoms with Crippen LogP contribution in [0.2, 0.25) is 0 Å². The molecule has 0 bridgehead atoms. The van der Waals surface area contributed by atoms with Gasteiger partial charge in [-0.2, -0.15) is 4.31 Å². The predicted molar refractivity (Wildman–Crippen MR) is 103 cm³/mol. The van der Waals surface area contributed by atoms with Crippen molar-refractivity contribution >= 4 is 21.8 Å². The second kappa shape index (κ2) is 8.91. The first-order valence-corrected chi connectivity index (χ1v) is 11.1. The molecule has 0 aromatic heterocycles. The van der Waals surface area contributed by atoms with E-state index in [0.717, 1.165) is 25.7 Å². The Morgan fingerprint density at radius 3 is 2.39 bits per heavy atom. The van der Waals surface area contributed by atoms with Gasteiger partial charge in [-0.3, -0.25) is 9.59 Å². The Morgan fingerprint density at radius 2 is 1.75 bits per heavy atom. The van der Waals surface area contributed by atoms with Crippen LogP contribution >= 0.6 is 0 Å². The van der Waals surface area contributed by atoms with E-state index in [2.05, 4.69) is 10.6 Å². The molecule has 0 radical (unpaired) electrons. The molecule has 154 valence electrons. The van der Waals surface area contributed by atoms with Crippen LogP contribution in [0.4, 0.5) is 0 Å². The van der Waals surface area contributed by atoms with Crippen molar-refractivity contribution in [1.29, 1.82) is 0 Å². The summed E-state index contributed by atoms with van der Waals surface area (Å²) in [6.07, 6.45) is 5.27. The molecule has 1 heterocycles. The molecule has 9 heteroatoms. The van der Waals surface area contributed by atoms with Crippen LogP contribution in [0.15, 0.2) is 29.2 Å². The summed E-state index contributed by atoms with van der Waals surface area (Å²) >= 11 is 0. The van der Waals surface area contributed by atoms with Crippen LogP contribution in [0.3, 0.4) is 0 Å². The number of ether oxygens (including phenoxy) is 1. The lowest BCUT2D eigenvalue weighted by Crippen LogP contribution is -2.48. The molecule has 8 nitrogen and oxygen atoms in total. The number of nitrogens with zero attached hydrogens (tertiary/aromatic N) is 1. The molecule has 0 spiro atoms. The molecule has 1 aromatic rings. The fraction of sp³-hybridized carbons (Fsp3) is 0.579. The van der Waals surface area contributed by atoms with Gasteiger partial charge in [0.1, 0.15) is 5.75 Å². The Balaban J connectivity index is 1.58. The second-order valence-corrected chi connectivity index (χ2v) is 9.14. The highest BCUT2D eigenvalue weighted by atomic mass is 32.2. The van der Waals surface area contributed by atoms with E-state index in [0.29, 0.717) is 25.1 Å². The van der Waals surface area contributed by atoms with Gasteiger partial charge in [0.15, 0.2) is 0 Å². The zero-order valence-electron chi connectivity index (χ0n) is 16.0. The number of methoxy groups -OCH3 is 1. The molecule has 1 saturated carbocycles. The SMILES string of the molecule is COc1ccc(S(=O)(=O)N2CCC[C@@H]2CNC(=O)C(=O)NC2CCCC2)cc1. The molecule has 1 saturated heterocycles. The molecule has 2 aliphatic rings. The summed E-state index contributed by atoms with van der Waals surface area (Å²) in [5.41, 5.74) is 0. The number of benzene rings is 1. The zero-order valence-corrected chi connectivity index (χ0v) is 16.8. The van der Waals surface area contributed by atoms with Gasteiger partial charge >= 0.3 is 11.8 Å². The lowest BCUT2D eigenvalue weighted by atomic mass is 10.2. The third-order valence-corrected chi connectivity index (χ3v) is 7.35. The Hall–Kier alpha value is -2.13. The maximum absolute atomic E-state index is 12.9. The minimum absolute atomic E-state index is 0.0664. The smallest absolute Gasteiger partial charge is 0.309 e. The zero-order chi connectivity index (χ0) is 20.1. The predicted octanol–water partition coefficient (Wildman–Crippen LogP) is 1.02. The molecule has 1 aliphatic heterocycles. The third kappa shape index (κ3) is 4.64. The van der Waals surface area contributed by atoms with E-state index in [4.69, 9.17) is 4.74 Å². The van der Waals surface area contributed by atoms with E-state index in [1.807, 2.05) is 0 Å². The van der Waals surface area contributed by atoms with Gasteiger partial charge in [-0.15, -0.1) is 0 Å². The van der Waals surface area contributed by atoms with E-state index in [1.54, 1.807) is 12.1 Å². The maximum Gasteiger partial charge on any atom is 0.309 e. The average Bonchev–Trinajstić information content (AvgIpc) is 3.38. The van der Waals surface area contributed by atoms with Crippen LogP contribution in [-0.2, 0) is 19.6 Å². The normalized spacial score (nSPS) is 20.8. The Bertz CT molecular complexity index is 803. The molecule has 2 N–H and O–H groups in total. The van der Waals surface area contributed by atoms with E-state index < -0.39 is 21.8 Å². The van der Waals surface area contributed by atoms with Gasteiger partial charge in [0.2, 0.25) is 10.0 Å². The van der Waals surface area contributed by atoms with Crippen molar-refractivity contribution < 1.29 is 22.7 Å². The summed E-state index contributed by atoms with van der Waals surface area (Å²) in [6.45, 7) is 0.509. The van der Waals surface area contributed by atoms with E-state index >= 15 is 0 Å². The molecule has 1 aromatic carbocycles. The van der Waals surface area contributed by atoms with Gasteiger partial charge < -0.3 is 15.4 Å². The van der Waals surface area contributed by atoms with Gasteiger partial charge in [0, 0.05) is 25.2 Å². The highest BCUT2D eigenvalue weighted by Gasteiger charge is 2.35. The van der Waals surface area contributed by atoms with E-state index in [1.165, 1.54) is 23.5 Å². The lowest BCUT2D eigenvalue weighted by molar-refractivity contribution is -0.139. The first kappa shape index (κ1) is 20.6. The average molecular weight is 410 g/mol. The number of nitrogens with one attached hydrogen (secondary N) is 2. The van der Waals surface area contributed by atoms with Crippen LogP contribution in [-0.4, -0.2) is 56.8 Å². The van der Waals surface area contributed by atoms with Crippen LogP contribution < -0.4 is 15.4 Å². The fourth-order valence-electron chi connectivity index (χ4n) is 3.82. The number of carbonyl (C=O) groups is 2. The molecular weight excluding hydrogens is 382 g/mol. The third-order valence-electron chi connectivity index (χ3n) is 5.38. The summed E-state index contributed by atoms with van der Waals surface area (Å²) in [6, 6.07) is 5.93. The van der Waals surface area contributed by atoms with Crippen molar-refractivity contribution in [3.63, 3.8) is 0 Å². The topological polar surface area (TPSA) is 105 Å². The van der Waals surface area contributed by atoms with Gasteiger partial charge in [0.25, 0.3) is 0 Å². The van der Waals surface area contributed by atoms with Crippen LogP contribution in [0, 0.1) is 0 Å². The van der Waals surface area contributed by atoms with Crippen LogP contribution in [0.1, 0.15) is 38.5 Å². The van der Waals surface area contributed by atoms with Gasteiger partial charge in [0.05, 0.1) is 12.0 Å². The Labute approximate surface area is 165 Å². The van der Waals surface area contributed by atoms with Crippen LogP contribution in [0.25, 0.3) is 0 Å². The number of carbonyl (C=O) groups excluding carboxylic acids is 2. The second-order valence-electron chi connectivity index (χ2n) is 7.25. The molecule has 2 amide bonds. The van der Waals surface area contributed by atoms with E-state index in [-0.39, 0.29) is 23.5 Å². The molecule has 1 atom stereocenters. The maximum atomic E-state index is 12.9. The van der Waals surface area contributed by atoms with Crippen molar-refractivity contribution in [2.45, 2.75) is 55.5 Å². The highest BCUT2D eigenvalue weighted by molar-refractivity contribution is 7.89. The molecule has 1 aliphatic carbocycles. The number of hydrogen-bond acceptors (Lipinski definition) is 5. The van der Waals surface area contributed by atoms with Gasteiger partial charge in [-0.25, -0.2) is 8.42 Å². The van der Waals surface area contributed by atoms with Crippen molar-refractivity contribution in [3.05, 3.63) is 24.3 Å². The monoisotopic (exact) mass is 409 g/mol. The minimum Gasteiger partial charge on any atom is -0.497 e. The van der Waals surface area contributed by atoms with E-state index in [9.17, 15) is 18.0 Å². The number of hydrogen-bond donors (Lipinski definition) is 2. The van der Waals surface area contributed by atoms with Crippen LogP contribution in [0.5, 0.6) is 5.75 Å². The first-order valence-electron chi connectivity index (χ1n) is 9.66. The standard InChI is InChI=1S/C19H27N3O5S/c1-27-16-8-10-17(11-9-16)28(25,26)22-12-4-7-15(22)13-20-18(23)19(24)21-14-5-2-3-6-14/h8-11,14-15H,2-7,12-13H2,1H3,(H,20,23)(H,21,24)/t15-/m1/s1.